The molecule has 8 heteroatoms. The van der Waals surface area contributed by atoms with Crippen LogP contribution >= 0.6 is 7.60 Å². The second kappa shape index (κ2) is 9.39. The quantitative estimate of drug-likeness (QED) is 0.612. The van der Waals surface area contributed by atoms with E-state index in [-0.39, 0.29) is 17.4 Å². The predicted molar refractivity (Wildman–Crippen MR) is 122 cm³/mol. The van der Waals surface area contributed by atoms with Gasteiger partial charge >= 0.3 is 13.3 Å². The molecule has 0 bridgehead atoms. The summed E-state index contributed by atoms with van der Waals surface area (Å²) in [6, 6.07) is 6.24. The number of aryl methyl sites for hydroxylation is 1. The van der Waals surface area contributed by atoms with Gasteiger partial charge in [-0.15, -0.1) is 0 Å². The Morgan fingerprint density at radius 3 is 2.33 bits per heavy atom. The Balaban J connectivity index is 1.80. The van der Waals surface area contributed by atoms with Gasteiger partial charge in [-0.3, -0.25) is 14.0 Å². The summed E-state index contributed by atoms with van der Waals surface area (Å²) in [6.07, 6.45) is 2.40. The lowest BCUT2D eigenvalue weighted by molar-refractivity contribution is 0.102. The van der Waals surface area contributed by atoms with Crippen molar-refractivity contribution in [3.05, 3.63) is 34.2 Å². The van der Waals surface area contributed by atoms with E-state index in [0.717, 1.165) is 37.0 Å². The monoisotopic (exact) mass is 437 g/mol. The second-order valence-electron chi connectivity index (χ2n) is 8.96. The van der Waals surface area contributed by atoms with Crippen molar-refractivity contribution in [2.75, 3.05) is 32.5 Å². The van der Waals surface area contributed by atoms with E-state index in [1.165, 1.54) is 5.56 Å². The van der Waals surface area contributed by atoms with Gasteiger partial charge in [-0.25, -0.2) is 4.79 Å². The van der Waals surface area contributed by atoms with Crippen LogP contribution < -0.4 is 5.69 Å². The Morgan fingerprint density at radius 1 is 1.13 bits per heavy atom. The zero-order valence-electron chi connectivity index (χ0n) is 18.9. The Labute approximate surface area is 179 Å². The van der Waals surface area contributed by atoms with Crippen LogP contribution in [0.5, 0.6) is 0 Å². The topological polar surface area (TPSA) is 76.6 Å². The fraction of sp³-hybridized carbons (Fsp3) is 0.682. The summed E-state index contributed by atoms with van der Waals surface area (Å²) >= 11 is 0. The fourth-order valence-corrected chi connectivity index (χ4v) is 5.88. The zero-order valence-corrected chi connectivity index (χ0v) is 19.8. The van der Waals surface area contributed by atoms with Crippen molar-refractivity contribution in [1.82, 2.24) is 14.5 Å². The summed E-state index contributed by atoms with van der Waals surface area (Å²) in [7, 11) is -3.20. The molecular weight excluding hydrogens is 401 g/mol. The van der Waals surface area contributed by atoms with E-state index in [1.807, 2.05) is 6.07 Å². The van der Waals surface area contributed by atoms with Gasteiger partial charge in [0.25, 0.3) is 0 Å². The minimum Gasteiger partial charge on any atom is -0.309 e. The van der Waals surface area contributed by atoms with Gasteiger partial charge < -0.3 is 14.0 Å². The maximum atomic E-state index is 12.8. The van der Waals surface area contributed by atoms with Crippen LogP contribution in [0.15, 0.2) is 23.0 Å². The van der Waals surface area contributed by atoms with Gasteiger partial charge in [-0.2, -0.15) is 0 Å². The van der Waals surface area contributed by atoms with Crippen molar-refractivity contribution < 1.29 is 13.6 Å². The molecule has 1 aromatic heterocycles. The van der Waals surface area contributed by atoms with Crippen LogP contribution in [-0.2, 0) is 20.2 Å². The van der Waals surface area contributed by atoms with Crippen LogP contribution in [0, 0.1) is 0 Å². The van der Waals surface area contributed by atoms with Gasteiger partial charge in [-0.05, 0) is 84.2 Å². The Hall–Kier alpha value is -1.40. The summed E-state index contributed by atoms with van der Waals surface area (Å²) < 4.78 is 25.2. The maximum absolute atomic E-state index is 12.8. The molecule has 1 N–H and O–H groups in total. The van der Waals surface area contributed by atoms with Crippen LogP contribution in [0.4, 0.5) is 0 Å². The van der Waals surface area contributed by atoms with Crippen LogP contribution in [0.3, 0.4) is 0 Å². The highest BCUT2D eigenvalue weighted by Gasteiger charge is 2.28. The van der Waals surface area contributed by atoms with Gasteiger partial charge in [0.1, 0.15) is 0 Å². The number of nitrogens with one attached hydrogen (secondary N) is 1. The minimum absolute atomic E-state index is 0.176. The number of imidazole rings is 1. The van der Waals surface area contributed by atoms with Crippen molar-refractivity contribution in [3.63, 3.8) is 0 Å². The highest BCUT2D eigenvalue weighted by Crippen LogP contribution is 2.48. The van der Waals surface area contributed by atoms with Crippen molar-refractivity contribution in [2.45, 2.75) is 65.5 Å². The molecule has 168 valence electrons. The number of aromatic amines is 1. The molecule has 30 heavy (non-hydrogen) atoms. The molecule has 0 saturated carbocycles. The standard InChI is InChI=1S/C22H36N3O4P/c1-6-28-30(27,29-7-2)15-14-25-20-16-18(8-9-19(20)23-21(25)26)17-10-12-24(13-11-17)22(3,4)5/h8-9,16-17H,6-7,10-15H2,1-5H3,(H,23,26). The number of H-pyrrole nitrogens is 1. The molecule has 0 radical (unpaired) electrons. The third kappa shape index (κ3) is 5.25. The molecule has 1 aromatic carbocycles. The molecule has 0 aliphatic carbocycles. The zero-order chi connectivity index (χ0) is 21.9. The molecule has 0 spiro atoms. The minimum atomic E-state index is -3.20. The molecule has 3 rings (SSSR count). The Kier molecular flexibility index (Phi) is 7.28. The van der Waals surface area contributed by atoms with Crippen molar-refractivity contribution in [2.24, 2.45) is 0 Å². The largest absolute Gasteiger partial charge is 0.332 e. The second-order valence-corrected chi connectivity index (χ2v) is 11.1. The molecule has 1 fully saturated rings. The summed E-state index contributed by atoms with van der Waals surface area (Å²) in [4.78, 5) is 18.0. The Morgan fingerprint density at radius 2 is 1.77 bits per heavy atom. The van der Waals surface area contributed by atoms with E-state index in [1.54, 1.807) is 18.4 Å². The number of rotatable bonds is 8. The normalized spacial score (nSPS) is 17.1. The lowest BCUT2D eigenvalue weighted by Crippen LogP contribution is -2.45. The smallest absolute Gasteiger partial charge is 0.309 e. The summed E-state index contributed by atoms with van der Waals surface area (Å²) in [6.45, 7) is 13.5. The van der Waals surface area contributed by atoms with Gasteiger partial charge in [-0.1, -0.05) is 6.07 Å². The first kappa shape index (κ1) is 23.3. The van der Waals surface area contributed by atoms with E-state index < -0.39 is 7.60 Å². The molecule has 0 unspecified atom stereocenters. The Bertz CT molecular complexity index is 941. The van der Waals surface area contributed by atoms with Crippen LogP contribution in [0.2, 0.25) is 0 Å². The van der Waals surface area contributed by atoms with E-state index in [2.05, 4.69) is 42.8 Å². The third-order valence-corrected chi connectivity index (χ3v) is 8.01. The highest BCUT2D eigenvalue weighted by atomic mass is 31.2. The first-order valence-electron chi connectivity index (χ1n) is 11.0. The average Bonchev–Trinajstić information content (AvgIpc) is 3.00. The molecule has 1 saturated heterocycles. The van der Waals surface area contributed by atoms with Gasteiger partial charge in [0.2, 0.25) is 0 Å². The molecule has 7 nitrogen and oxygen atoms in total. The number of piperidine rings is 1. The molecule has 0 atom stereocenters. The fourth-order valence-electron chi connectivity index (χ4n) is 4.31. The van der Waals surface area contributed by atoms with E-state index >= 15 is 0 Å². The number of hydrogen-bond donors (Lipinski definition) is 1. The number of likely N-dealkylation sites (tertiary alicyclic amines) is 1. The van der Waals surface area contributed by atoms with Gasteiger partial charge in [0.05, 0.1) is 30.4 Å². The molecule has 2 aromatic rings. The number of aromatic nitrogens is 2. The summed E-state index contributed by atoms with van der Waals surface area (Å²) in [5.41, 5.74) is 2.94. The van der Waals surface area contributed by atoms with E-state index in [9.17, 15) is 9.36 Å². The third-order valence-electron chi connectivity index (χ3n) is 5.96. The van der Waals surface area contributed by atoms with Crippen molar-refractivity contribution in [3.8, 4) is 0 Å². The first-order chi connectivity index (χ1) is 14.2. The predicted octanol–water partition coefficient (Wildman–Crippen LogP) is 4.57. The highest BCUT2D eigenvalue weighted by molar-refractivity contribution is 7.53. The molecule has 0 amide bonds. The average molecular weight is 438 g/mol. The van der Waals surface area contributed by atoms with Crippen LogP contribution in [0.1, 0.15) is 58.9 Å². The lowest BCUT2D eigenvalue weighted by atomic mass is 9.87. The van der Waals surface area contributed by atoms with Gasteiger partial charge in [0.15, 0.2) is 0 Å². The van der Waals surface area contributed by atoms with E-state index in [0.29, 0.717) is 25.7 Å². The maximum Gasteiger partial charge on any atom is 0.332 e. The van der Waals surface area contributed by atoms with E-state index in [4.69, 9.17) is 9.05 Å². The number of nitrogens with zero attached hydrogens (tertiary/aromatic N) is 2. The van der Waals surface area contributed by atoms with Gasteiger partial charge in [0, 0.05) is 12.1 Å². The SMILES string of the molecule is CCOP(=O)(CCn1c(=O)[nH]c2ccc(C3CCN(C(C)(C)C)CC3)cc21)OCC. The number of fused-ring (bicyclic) bond motifs is 1. The van der Waals surface area contributed by atoms with Crippen molar-refractivity contribution >= 4 is 18.6 Å². The number of benzene rings is 1. The number of hydrogen-bond acceptors (Lipinski definition) is 5. The molecule has 1 aliphatic rings. The molecule has 1 aliphatic heterocycles. The van der Waals surface area contributed by atoms with Crippen LogP contribution in [-0.4, -0.2) is 52.5 Å². The first-order valence-corrected chi connectivity index (χ1v) is 12.8. The lowest BCUT2D eigenvalue weighted by Gasteiger charge is -2.41. The molecular formula is C22H36N3O4P. The van der Waals surface area contributed by atoms with Crippen LogP contribution in [0.25, 0.3) is 11.0 Å². The summed E-state index contributed by atoms with van der Waals surface area (Å²) in [5, 5.41) is 0. The molecule has 2 heterocycles. The summed E-state index contributed by atoms with van der Waals surface area (Å²) in [5.74, 6) is 0.490. The van der Waals surface area contributed by atoms with Crippen molar-refractivity contribution in [1.29, 1.82) is 0 Å².